The molecule has 0 bridgehead atoms. The Labute approximate surface area is 91.5 Å². The third-order valence-electron chi connectivity index (χ3n) is 2.96. The van der Waals surface area contributed by atoms with Crippen molar-refractivity contribution in [1.82, 2.24) is 9.78 Å². The molecule has 1 aliphatic heterocycles. The maximum atomic E-state index is 13.1. The summed E-state index contributed by atoms with van der Waals surface area (Å²) in [6, 6.07) is 3.98. The van der Waals surface area contributed by atoms with Crippen LogP contribution >= 0.6 is 0 Å². The smallest absolute Gasteiger partial charge is 0.159 e. The molecule has 0 saturated carbocycles. The van der Waals surface area contributed by atoms with Gasteiger partial charge in [0.15, 0.2) is 11.6 Å². The highest BCUT2D eigenvalue weighted by atomic mass is 19.2. The molecule has 0 unspecified atom stereocenters. The summed E-state index contributed by atoms with van der Waals surface area (Å²) in [5.74, 6) is -1.62. The van der Waals surface area contributed by atoms with Gasteiger partial charge in [-0.3, -0.25) is 4.68 Å². The third kappa shape index (κ3) is 1.33. The maximum absolute atomic E-state index is 13.1. The average Bonchev–Trinajstić information content (AvgIpc) is 2.83. The highest BCUT2D eigenvalue weighted by molar-refractivity contribution is 5.65. The van der Waals surface area contributed by atoms with Crippen molar-refractivity contribution in [2.24, 2.45) is 0 Å². The number of halogens is 2. The predicted molar refractivity (Wildman–Crippen MR) is 55.9 cm³/mol. The lowest BCUT2D eigenvalue weighted by Gasteiger charge is -2.01. The minimum absolute atomic E-state index is 0.696. The van der Waals surface area contributed by atoms with Crippen LogP contribution in [-0.2, 0) is 13.0 Å². The van der Waals surface area contributed by atoms with Crippen molar-refractivity contribution in [1.29, 1.82) is 0 Å². The number of hydrogen-bond acceptors (Lipinski definition) is 1. The monoisotopic (exact) mass is 220 g/mol. The van der Waals surface area contributed by atoms with Crippen LogP contribution in [0.3, 0.4) is 0 Å². The fourth-order valence-corrected chi connectivity index (χ4v) is 2.17. The second kappa shape index (κ2) is 3.40. The van der Waals surface area contributed by atoms with E-state index in [1.807, 2.05) is 4.68 Å². The SMILES string of the molecule is Fc1ccc(-c2cnn3c2CCC3)cc1F. The van der Waals surface area contributed by atoms with Gasteiger partial charge in [-0.05, 0) is 30.5 Å². The molecule has 0 saturated heterocycles. The van der Waals surface area contributed by atoms with Crippen LogP contribution in [0.1, 0.15) is 12.1 Å². The summed E-state index contributed by atoms with van der Waals surface area (Å²) < 4.78 is 27.9. The van der Waals surface area contributed by atoms with Gasteiger partial charge in [-0.2, -0.15) is 5.10 Å². The lowest BCUT2D eigenvalue weighted by molar-refractivity contribution is 0.509. The molecule has 0 radical (unpaired) electrons. The van der Waals surface area contributed by atoms with E-state index in [-0.39, 0.29) is 0 Å². The van der Waals surface area contributed by atoms with Gasteiger partial charge in [0, 0.05) is 17.8 Å². The van der Waals surface area contributed by atoms with E-state index >= 15 is 0 Å². The molecule has 2 nitrogen and oxygen atoms in total. The van der Waals surface area contributed by atoms with Gasteiger partial charge >= 0.3 is 0 Å². The third-order valence-corrected chi connectivity index (χ3v) is 2.96. The van der Waals surface area contributed by atoms with Crippen molar-refractivity contribution in [2.45, 2.75) is 19.4 Å². The highest BCUT2D eigenvalue weighted by Gasteiger charge is 2.17. The molecule has 2 aromatic rings. The Morgan fingerprint density at radius 3 is 2.88 bits per heavy atom. The average molecular weight is 220 g/mol. The lowest BCUT2D eigenvalue weighted by Crippen LogP contribution is -1.93. The van der Waals surface area contributed by atoms with Gasteiger partial charge in [0.2, 0.25) is 0 Å². The minimum Gasteiger partial charge on any atom is -0.269 e. The fraction of sp³-hybridized carbons (Fsp3) is 0.250. The van der Waals surface area contributed by atoms with Crippen molar-refractivity contribution in [3.63, 3.8) is 0 Å². The van der Waals surface area contributed by atoms with Gasteiger partial charge in [0.25, 0.3) is 0 Å². The first-order valence-corrected chi connectivity index (χ1v) is 5.26. The van der Waals surface area contributed by atoms with Crippen LogP contribution in [0.5, 0.6) is 0 Å². The largest absolute Gasteiger partial charge is 0.269 e. The van der Waals surface area contributed by atoms with Gasteiger partial charge in [0.1, 0.15) is 0 Å². The molecule has 0 amide bonds. The van der Waals surface area contributed by atoms with E-state index in [2.05, 4.69) is 5.10 Å². The fourth-order valence-electron chi connectivity index (χ4n) is 2.17. The zero-order valence-electron chi connectivity index (χ0n) is 8.58. The van der Waals surface area contributed by atoms with E-state index in [0.717, 1.165) is 36.7 Å². The molecule has 1 aliphatic rings. The molecule has 82 valence electrons. The van der Waals surface area contributed by atoms with Gasteiger partial charge < -0.3 is 0 Å². The summed E-state index contributed by atoms with van der Waals surface area (Å²) in [6.07, 6.45) is 3.75. The maximum Gasteiger partial charge on any atom is 0.159 e. The molecule has 2 heterocycles. The Kier molecular flexibility index (Phi) is 2.02. The van der Waals surface area contributed by atoms with Gasteiger partial charge in [-0.25, -0.2) is 8.78 Å². The summed E-state index contributed by atoms with van der Waals surface area (Å²) in [4.78, 5) is 0. The van der Waals surface area contributed by atoms with Crippen molar-refractivity contribution in [2.75, 3.05) is 0 Å². The molecule has 0 N–H and O–H groups in total. The number of nitrogens with zero attached hydrogens (tertiary/aromatic N) is 2. The standard InChI is InChI=1S/C12H10F2N2/c13-10-4-3-8(6-11(10)14)9-7-15-16-5-1-2-12(9)16/h3-4,6-7H,1-2,5H2. The van der Waals surface area contributed by atoms with E-state index in [0.29, 0.717) is 5.56 Å². The summed E-state index contributed by atoms with van der Waals surface area (Å²) in [7, 11) is 0. The van der Waals surface area contributed by atoms with E-state index in [1.165, 1.54) is 6.07 Å². The van der Waals surface area contributed by atoms with E-state index in [4.69, 9.17) is 0 Å². The number of benzene rings is 1. The van der Waals surface area contributed by atoms with Crippen LogP contribution in [0.2, 0.25) is 0 Å². The molecule has 0 fully saturated rings. The van der Waals surface area contributed by atoms with Gasteiger partial charge in [-0.1, -0.05) is 6.07 Å². The first-order valence-electron chi connectivity index (χ1n) is 5.26. The van der Waals surface area contributed by atoms with Gasteiger partial charge in [-0.15, -0.1) is 0 Å². The molecule has 0 aliphatic carbocycles. The van der Waals surface area contributed by atoms with Crippen LogP contribution < -0.4 is 0 Å². The minimum atomic E-state index is -0.812. The summed E-state index contributed by atoms with van der Waals surface area (Å²) in [6.45, 7) is 0.916. The molecule has 1 aromatic heterocycles. The van der Waals surface area contributed by atoms with Crippen LogP contribution in [0, 0.1) is 11.6 Å². The molecule has 3 rings (SSSR count). The number of hydrogen-bond donors (Lipinski definition) is 0. The Morgan fingerprint density at radius 1 is 1.19 bits per heavy atom. The quantitative estimate of drug-likeness (QED) is 0.722. The van der Waals surface area contributed by atoms with Crippen LogP contribution in [0.15, 0.2) is 24.4 Å². The number of fused-ring (bicyclic) bond motifs is 1. The summed E-state index contributed by atoms with van der Waals surface area (Å²) >= 11 is 0. The second-order valence-corrected chi connectivity index (χ2v) is 3.96. The highest BCUT2D eigenvalue weighted by Crippen LogP contribution is 2.28. The lowest BCUT2D eigenvalue weighted by atomic mass is 10.1. The second-order valence-electron chi connectivity index (χ2n) is 3.96. The Hall–Kier alpha value is -1.71. The summed E-state index contributed by atoms with van der Waals surface area (Å²) in [5, 5.41) is 4.23. The van der Waals surface area contributed by atoms with Gasteiger partial charge in [0.05, 0.1) is 6.20 Å². The van der Waals surface area contributed by atoms with E-state index in [1.54, 1.807) is 12.3 Å². The van der Waals surface area contributed by atoms with E-state index < -0.39 is 11.6 Å². The topological polar surface area (TPSA) is 17.8 Å². The van der Waals surface area contributed by atoms with Crippen molar-refractivity contribution < 1.29 is 8.78 Å². The van der Waals surface area contributed by atoms with Crippen molar-refractivity contribution in [3.05, 3.63) is 41.7 Å². The number of rotatable bonds is 1. The first-order chi connectivity index (χ1) is 7.75. The Morgan fingerprint density at radius 2 is 2.06 bits per heavy atom. The van der Waals surface area contributed by atoms with Crippen molar-refractivity contribution >= 4 is 0 Å². The Bertz CT molecular complexity index is 546. The van der Waals surface area contributed by atoms with Crippen molar-refractivity contribution in [3.8, 4) is 11.1 Å². The van der Waals surface area contributed by atoms with Crippen LogP contribution in [0.4, 0.5) is 8.78 Å². The zero-order chi connectivity index (χ0) is 11.1. The molecule has 4 heteroatoms. The van der Waals surface area contributed by atoms with E-state index in [9.17, 15) is 8.78 Å². The first kappa shape index (κ1) is 9.51. The molecule has 0 spiro atoms. The molecule has 16 heavy (non-hydrogen) atoms. The molecule has 0 atom stereocenters. The summed E-state index contributed by atoms with van der Waals surface area (Å²) in [5.41, 5.74) is 2.73. The zero-order valence-corrected chi connectivity index (χ0v) is 8.58. The Balaban J connectivity index is 2.11. The molecule has 1 aromatic carbocycles. The number of aromatic nitrogens is 2. The molecular weight excluding hydrogens is 210 g/mol. The van der Waals surface area contributed by atoms with Crippen LogP contribution in [-0.4, -0.2) is 9.78 Å². The number of aryl methyl sites for hydroxylation is 1. The normalized spacial score (nSPS) is 14.1. The van der Waals surface area contributed by atoms with Crippen LogP contribution in [0.25, 0.3) is 11.1 Å². The molecular formula is C12H10F2N2. The predicted octanol–water partition coefficient (Wildman–Crippen LogP) is 2.77.